The molecule has 1 aromatic rings. The maximum absolute atomic E-state index is 13.3. The van der Waals surface area contributed by atoms with Crippen LogP contribution in [0.5, 0.6) is 0 Å². The predicted octanol–water partition coefficient (Wildman–Crippen LogP) is 3.70. The van der Waals surface area contributed by atoms with Crippen LogP contribution in [0.1, 0.15) is 27.7 Å². The van der Waals surface area contributed by atoms with Gasteiger partial charge in [0.05, 0.1) is 15.8 Å². The highest BCUT2D eigenvalue weighted by Crippen LogP contribution is 2.26. The number of hydrogen-bond acceptors (Lipinski definition) is 3. The van der Waals surface area contributed by atoms with Crippen LogP contribution >= 0.6 is 15.9 Å². The summed E-state index contributed by atoms with van der Waals surface area (Å²) in [5.41, 5.74) is 6.99. The first-order valence-electron chi connectivity index (χ1n) is 6.57. The largest absolute Gasteiger partial charge is 0.397 e. The number of nitrogens with zero attached hydrogens (tertiary/aromatic N) is 1. The van der Waals surface area contributed by atoms with Crippen LogP contribution in [0.4, 0.5) is 15.8 Å². The van der Waals surface area contributed by atoms with Crippen LogP contribution in [0, 0.1) is 5.82 Å². The zero-order valence-corrected chi connectivity index (χ0v) is 13.6. The van der Waals surface area contributed by atoms with Gasteiger partial charge >= 0.3 is 0 Å². The molecule has 0 saturated heterocycles. The highest BCUT2D eigenvalue weighted by Gasteiger charge is 2.13. The summed E-state index contributed by atoms with van der Waals surface area (Å²) in [7, 11) is 0. The van der Waals surface area contributed by atoms with Crippen molar-refractivity contribution in [2.45, 2.75) is 39.8 Å². The van der Waals surface area contributed by atoms with Crippen molar-refractivity contribution in [1.82, 2.24) is 4.90 Å². The molecule has 0 aromatic heterocycles. The Balaban J connectivity index is 2.60. The summed E-state index contributed by atoms with van der Waals surface area (Å²) in [5, 5.41) is 3.26. The van der Waals surface area contributed by atoms with Crippen molar-refractivity contribution in [3.05, 3.63) is 22.4 Å². The van der Waals surface area contributed by atoms with Gasteiger partial charge in [-0.2, -0.15) is 0 Å². The second-order valence-electron chi connectivity index (χ2n) is 5.21. The molecule has 3 nitrogen and oxygen atoms in total. The Hall–Kier alpha value is -0.810. The van der Waals surface area contributed by atoms with E-state index in [0.717, 1.165) is 18.8 Å². The molecule has 0 bridgehead atoms. The van der Waals surface area contributed by atoms with E-state index in [1.807, 2.05) is 0 Å². The first kappa shape index (κ1) is 16.2. The Morgan fingerprint density at radius 1 is 1.26 bits per heavy atom. The number of benzene rings is 1. The Labute approximate surface area is 123 Å². The molecule has 0 fully saturated rings. The Morgan fingerprint density at radius 2 is 1.84 bits per heavy atom. The molecule has 19 heavy (non-hydrogen) atoms. The molecule has 0 aliphatic heterocycles. The van der Waals surface area contributed by atoms with Crippen molar-refractivity contribution in [3.63, 3.8) is 0 Å². The van der Waals surface area contributed by atoms with Crippen LogP contribution in [0.25, 0.3) is 0 Å². The van der Waals surface area contributed by atoms with Gasteiger partial charge in [0.25, 0.3) is 0 Å². The van der Waals surface area contributed by atoms with Crippen molar-refractivity contribution in [2.75, 3.05) is 24.1 Å². The molecule has 0 unspecified atom stereocenters. The van der Waals surface area contributed by atoms with E-state index >= 15 is 0 Å². The van der Waals surface area contributed by atoms with E-state index < -0.39 is 0 Å². The number of halogens is 2. The van der Waals surface area contributed by atoms with Crippen LogP contribution in [-0.4, -0.2) is 30.1 Å². The average Bonchev–Trinajstić information content (AvgIpc) is 2.29. The molecule has 0 heterocycles. The average molecular weight is 332 g/mol. The van der Waals surface area contributed by atoms with Crippen molar-refractivity contribution in [1.29, 1.82) is 0 Å². The molecule has 3 N–H and O–H groups in total. The van der Waals surface area contributed by atoms with Gasteiger partial charge in [-0.1, -0.05) is 0 Å². The van der Waals surface area contributed by atoms with E-state index in [4.69, 9.17) is 5.73 Å². The number of nitrogens with two attached hydrogens (primary N) is 1. The lowest BCUT2D eigenvalue weighted by Crippen LogP contribution is -2.40. The molecule has 108 valence electrons. The maximum atomic E-state index is 13.3. The summed E-state index contributed by atoms with van der Waals surface area (Å²) < 4.78 is 13.7. The highest BCUT2D eigenvalue weighted by atomic mass is 79.9. The third-order valence-electron chi connectivity index (χ3n) is 3.10. The molecule has 0 radical (unpaired) electrons. The normalized spacial score (nSPS) is 11.6. The fraction of sp³-hybridized carbons (Fsp3) is 0.571. The van der Waals surface area contributed by atoms with Crippen LogP contribution < -0.4 is 11.1 Å². The topological polar surface area (TPSA) is 41.3 Å². The second-order valence-corrected chi connectivity index (χ2v) is 6.06. The second kappa shape index (κ2) is 7.10. The van der Waals surface area contributed by atoms with Crippen LogP contribution in [-0.2, 0) is 0 Å². The highest BCUT2D eigenvalue weighted by molar-refractivity contribution is 9.10. The van der Waals surface area contributed by atoms with Crippen molar-refractivity contribution in [2.24, 2.45) is 0 Å². The summed E-state index contributed by atoms with van der Waals surface area (Å²) in [4.78, 5) is 2.39. The van der Waals surface area contributed by atoms with E-state index in [9.17, 15) is 4.39 Å². The zero-order chi connectivity index (χ0) is 14.6. The molecule has 0 aliphatic carbocycles. The number of rotatable bonds is 6. The summed E-state index contributed by atoms with van der Waals surface area (Å²) in [6, 6.07) is 4.01. The molecule has 1 aromatic carbocycles. The Kier molecular flexibility index (Phi) is 6.07. The molecule has 5 heteroatoms. The molecule has 0 atom stereocenters. The molecule has 0 saturated carbocycles. The van der Waals surface area contributed by atoms with Crippen LogP contribution in [0.15, 0.2) is 16.6 Å². The minimum absolute atomic E-state index is 0.339. The van der Waals surface area contributed by atoms with Gasteiger partial charge in [-0.25, -0.2) is 4.39 Å². The van der Waals surface area contributed by atoms with Gasteiger partial charge in [-0.05, 0) is 49.7 Å². The van der Waals surface area contributed by atoms with E-state index in [2.05, 4.69) is 53.8 Å². The minimum Gasteiger partial charge on any atom is -0.397 e. The summed E-state index contributed by atoms with van der Waals surface area (Å²) in [5.74, 6) is -0.339. The van der Waals surface area contributed by atoms with Gasteiger partial charge in [0.2, 0.25) is 0 Å². The van der Waals surface area contributed by atoms with Crippen LogP contribution in [0.2, 0.25) is 0 Å². The van der Waals surface area contributed by atoms with Gasteiger partial charge < -0.3 is 11.1 Å². The lowest BCUT2D eigenvalue weighted by atomic mass is 10.2. The molecule has 1 rings (SSSR count). The van der Waals surface area contributed by atoms with E-state index in [1.165, 1.54) is 6.07 Å². The van der Waals surface area contributed by atoms with Gasteiger partial charge in [-0.3, -0.25) is 4.90 Å². The van der Waals surface area contributed by atoms with Crippen molar-refractivity contribution >= 4 is 27.3 Å². The smallest absolute Gasteiger partial charge is 0.139 e. The standard InChI is InChI=1S/C14H23BrFN3/c1-9(2)19(10(3)4)6-5-18-14-7-11(15)12(16)8-13(14)17/h7-10,18H,5-6,17H2,1-4H3. The minimum atomic E-state index is -0.339. The third-order valence-corrected chi connectivity index (χ3v) is 3.71. The summed E-state index contributed by atoms with van der Waals surface area (Å²) >= 11 is 3.17. The quantitative estimate of drug-likeness (QED) is 0.781. The number of hydrogen-bond donors (Lipinski definition) is 2. The van der Waals surface area contributed by atoms with Gasteiger partial charge in [-0.15, -0.1) is 0 Å². The first-order chi connectivity index (χ1) is 8.82. The fourth-order valence-corrected chi connectivity index (χ4v) is 2.49. The summed E-state index contributed by atoms with van der Waals surface area (Å²) in [6.45, 7) is 10.4. The lowest BCUT2D eigenvalue weighted by Gasteiger charge is -2.30. The maximum Gasteiger partial charge on any atom is 0.139 e. The van der Waals surface area contributed by atoms with Gasteiger partial charge in [0.15, 0.2) is 0 Å². The molecule has 0 spiro atoms. The number of anilines is 2. The van der Waals surface area contributed by atoms with Crippen molar-refractivity contribution < 1.29 is 4.39 Å². The van der Waals surface area contributed by atoms with Crippen molar-refractivity contribution in [3.8, 4) is 0 Å². The zero-order valence-electron chi connectivity index (χ0n) is 12.0. The molecule has 0 aliphatic rings. The molecular formula is C14H23BrFN3. The first-order valence-corrected chi connectivity index (χ1v) is 7.36. The lowest BCUT2D eigenvalue weighted by molar-refractivity contribution is 0.182. The Bertz CT molecular complexity index is 413. The van der Waals surface area contributed by atoms with Gasteiger partial charge in [0.1, 0.15) is 5.82 Å². The molecule has 0 amide bonds. The SMILES string of the molecule is CC(C)N(CCNc1cc(Br)c(F)cc1N)C(C)C. The fourth-order valence-electron chi connectivity index (χ4n) is 2.15. The molecular weight excluding hydrogens is 309 g/mol. The number of nitrogens with one attached hydrogen (secondary N) is 1. The van der Waals surface area contributed by atoms with Crippen LogP contribution in [0.3, 0.4) is 0 Å². The predicted molar refractivity (Wildman–Crippen MR) is 84.0 cm³/mol. The Morgan fingerprint density at radius 3 is 2.37 bits per heavy atom. The van der Waals surface area contributed by atoms with E-state index in [0.29, 0.717) is 22.2 Å². The number of nitrogen functional groups attached to an aromatic ring is 1. The van der Waals surface area contributed by atoms with E-state index in [1.54, 1.807) is 6.07 Å². The summed E-state index contributed by atoms with van der Waals surface area (Å²) in [6.07, 6.45) is 0. The third kappa shape index (κ3) is 4.66. The van der Waals surface area contributed by atoms with E-state index in [-0.39, 0.29) is 5.82 Å². The monoisotopic (exact) mass is 331 g/mol. The van der Waals surface area contributed by atoms with Gasteiger partial charge in [0, 0.05) is 31.2 Å².